The summed E-state index contributed by atoms with van der Waals surface area (Å²) in [4.78, 5) is 4.18. The van der Waals surface area contributed by atoms with Crippen LogP contribution in [0.1, 0.15) is 44.5 Å². The first-order valence-electron chi connectivity index (χ1n) is 5.92. The molecule has 2 rings (SSSR count). The quantitative estimate of drug-likeness (QED) is 0.747. The van der Waals surface area contributed by atoms with E-state index in [-0.39, 0.29) is 0 Å². The average Bonchev–Trinajstić information content (AvgIpc) is 2.64. The van der Waals surface area contributed by atoms with Gasteiger partial charge >= 0.3 is 0 Å². The maximum Gasteiger partial charge on any atom is 0.0504 e. The van der Waals surface area contributed by atoms with Gasteiger partial charge in [0.2, 0.25) is 0 Å². The van der Waals surface area contributed by atoms with E-state index in [0.29, 0.717) is 11.5 Å². The SMILES string of the molecule is CCCCN1CC(C)(C)C1c1cccs1. The fraction of sp³-hybridized carbons (Fsp3) is 0.692. The summed E-state index contributed by atoms with van der Waals surface area (Å²) in [6, 6.07) is 5.13. The van der Waals surface area contributed by atoms with E-state index < -0.39 is 0 Å². The van der Waals surface area contributed by atoms with Gasteiger partial charge in [-0.15, -0.1) is 11.3 Å². The summed E-state index contributed by atoms with van der Waals surface area (Å²) in [5.41, 5.74) is 0.471. The van der Waals surface area contributed by atoms with E-state index in [1.165, 1.54) is 25.9 Å². The highest BCUT2D eigenvalue weighted by atomic mass is 32.1. The molecule has 0 aromatic carbocycles. The molecule has 84 valence electrons. The van der Waals surface area contributed by atoms with Crippen molar-refractivity contribution in [1.82, 2.24) is 4.90 Å². The van der Waals surface area contributed by atoms with Gasteiger partial charge in [0.1, 0.15) is 0 Å². The van der Waals surface area contributed by atoms with Gasteiger partial charge in [0.15, 0.2) is 0 Å². The lowest BCUT2D eigenvalue weighted by molar-refractivity contribution is -0.0506. The molecule has 0 amide bonds. The van der Waals surface area contributed by atoms with Gasteiger partial charge in [-0.1, -0.05) is 33.3 Å². The number of thiophene rings is 1. The van der Waals surface area contributed by atoms with Crippen LogP contribution in [0.25, 0.3) is 0 Å². The van der Waals surface area contributed by atoms with Crippen LogP contribution in [-0.2, 0) is 0 Å². The molecule has 1 fully saturated rings. The number of hydrogen-bond acceptors (Lipinski definition) is 2. The van der Waals surface area contributed by atoms with Crippen LogP contribution in [0, 0.1) is 5.41 Å². The van der Waals surface area contributed by atoms with Gasteiger partial charge in [0.25, 0.3) is 0 Å². The highest BCUT2D eigenvalue weighted by Crippen LogP contribution is 2.49. The van der Waals surface area contributed by atoms with Crippen molar-refractivity contribution in [2.45, 2.75) is 39.7 Å². The van der Waals surface area contributed by atoms with Crippen LogP contribution < -0.4 is 0 Å². The van der Waals surface area contributed by atoms with Gasteiger partial charge < -0.3 is 0 Å². The third kappa shape index (κ3) is 2.11. The first-order valence-corrected chi connectivity index (χ1v) is 6.80. The summed E-state index contributed by atoms with van der Waals surface area (Å²) in [6.45, 7) is 9.57. The van der Waals surface area contributed by atoms with Gasteiger partial charge in [0, 0.05) is 11.4 Å². The average molecular weight is 223 g/mol. The van der Waals surface area contributed by atoms with Gasteiger partial charge in [-0.05, 0) is 29.8 Å². The number of rotatable bonds is 4. The van der Waals surface area contributed by atoms with Crippen LogP contribution in [0.5, 0.6) is 0 Å². The molecule has 1 nitrogen and oxygen atoms in total. The molecule has 0 radical (unpaired) electrons. The van der Waals surface area contributed by atoms with E-state index in [2.05, 4.69) is 43.2 Å². The first kappa shape index (κ1) is 11.2. The summed E-state index contributed by atoms with van der Waals surface area (Å²) in [6.07, 6.45) is 2.63. The molecular formula is C13H21NS. The molecule has 1 aliphatic rings. The highest BCUT2D eigenvalue weighted by molar-refractivity contribution is 7.10. The summed E-state index contributed by atoms with van der Waals surface area (Å²) < 4.78 is 0. The van der Waals surface area contributed by atoms with Crippen LogP contribution in [0.3, 0.4) is 0 Å². The van der Waals surface area contributed by atoms with Crippen molar-refractivity contribution in [2.24, 2.45) is 5.41 Å². The Morgan fingerprint density at radius 2 is 2.33 bits per heavy atom. The fourth-order valence-electron chi connectivity index (χ4n) is 2.66. The largest absolute Gasteiger partial charge is 0.294 e. The van der Waals surface area contributed by atoms with E-state index >= 15 is 0 Å². The summed E-state index contributed by atoms with van der Waals surface area (Å²) in [5, 5.41) is 2.20. The molecular weight excluding hydrogens is 202 g/mol. The molecule has 1 atom stereocenters. The standard InChI is InChI=1S/C13H21NS/c1-4-5-8-14-10-13(2,3)12(14)11-7-6-9-15-11/h6-7,9,12H,4-5,8,10H2,1-3H3. The Hall–Kier alpha value is -0.340. The van der Waals surface area contributed by atoms with Gasteiger partial charge in [-0.3, -0.25) is 4.90 Å². The minimum atomic E-state index is 0.471. The van der Waals surface area contributed by atoms with E-state index in [0.717, 1.165) is 0 Å². The Kier molecular flexibility index (Phi) is 3.17. The summed E-state index contributed by atoms with van der Waals surface area (Å²) in [7, 11) is 0. The van der Waals surface area contributed by atoms with Crippen molar-refractivity contribution in [1.29, 1.82) is 0 Å². The number of hydrogen-bond donors (Lipinski definition) is 0. The van der Waals surface area contributed by atoms with Gasteiger partial charge in [-0.25, -0.2) is 0 Å². The predicted molar refractivity (Wildman–Crippen MR) is 67.3 cm³/mol. The first-order chi connectivity index (χ1) is 7.15. The zero-order chi connectivity index (χ0) is 10.9. The maximum absolute atomic E-state index is 2.63. The molecule has 1 aliphatic heterocycles. The lowest BCUT2D eigenvalue weighted by atomic mass is 9.74. The minimum absolute atomic E-state index is 0.471. The number of unbranched alkanes of at least 4 members (excludes halogenated alkanes) is 1. The van der Waals surface area contributed by atoms with Crippen molar-refractivity contribution in [3.05, 3.63) is 22.4 Å². The van der Waals surface area contributed by atoms with Crippen molar-refractivity contribution >= 4 is 11.3 Å². The number of nitrogens with zero attached hydrogens (tertiary/aromatic N) is 1. The van der Waals surface area contributed by atoms with Crippen LogP contribution in [0.4, 0.5) is 0 Å². The molecule has 0 N–H and O–H groups in total. The fourth-order valence-corrected chi connectivity index (χ4v) is 3.73. The molecule has 0 bridgehead atoms. The molecule has 0 aliphatic carbocycles. The molecule has 0 spiro atoms. The molecule has 1 aromatic rings. The third-order valence-corrected chi connectivity index (χ3v) is 4.25. The van der Waals surface area contributed by atoms with Crippen LogP contribution in [0.2, 0.25) is 0 Å². The van der Waals surface area contributed by atoms with Crippen LogP contribution in [0.15, 0.2) is 17.5 Å². The Morgan fingerprint density at radius 3 is 2.87 bits per heavy atom. The topological polar surface area (TPSA) is 3.24 Å². The smallest absolute Gasteiger partial charge is 0.0504 e. The molecule has 1 unspecified atom stereocenters. The second-order valence-electron chi connectivity index (χ2n) is 5.23. The van der Waals surface area contributed by atoms with Gasteiger partial charge in [-0.2, -0.15) is 0 Å². The Morgan fingerprint density at radius 1 is 1.53 bits per heavy atom. The molecule has 15 heavy (non-hydrogen) atoms. The predicted octanol–water partition coefficient (Wildman–Crippen LogP) is 3.93. The molecule has 2 heterocycles. The zero-order valence-electron chi connectivity index (χ0n) is 9.99. The van der Waals surface area contributed by atoms with Crippen molar-refractivity contribution < 1.29 is 0 Å². The molecule has 0 saturated carbocycles. The lowest BCUT2D eigenvalue weighted by Crippen LogP contribution is -2.55. The summed E-state index contributed by atoms with van der Waals surface area (Å²) in [5.74, 6) is 0. The zero-order valence-corrected chi connectivity index (χ0v) is 10.8. The Balaban J connectivity index is 2.05. The second kappa shape index (κ2) is 4.26. The monoisotopic (exact) mass is 223 g/mol. The molecule has 1 aromatic heterocycles. The van der Waals surface area contributed by atoms with Crippen molar-refractivity contribution in [3.8, 4) is 0 Å². The minimum Gasteiger partial charge on any atom is -0.294 e. The van der Waals surface area contributed by atoms with Crippen LogP contribution >= 0.6 is 11.3 Å². The lowest BCUT2D eigenvalue weighted by Gasteiger charge is -2.54. The Bertz CT molecular complexity index is 302. The third-order valence-electron chi connectivity index (χ3n) is 3.33. The summed E-state index contributed by atoms with van der Waals surface area (Å²) >= 11 is 1.90. The number of likely N-dealkylation sites (tertiary alicyclic amines) is 1. The Labute approximate surface area is 97.1 Å². The van der Waals surface area contributed by atoms with E-state index in [1.807, 2.05) is 11.3 Å². The second-order valence-corrected chi connectivity index (χ2v) is 6.21. The molecule has 2 heteroatoms. The van der Waals surface area contributed by atoms with E-state index in [9.17, 15) is 0 Å². The highest BCUT2D eigenvalue weighted by Gasteiger charge is 2.46. The van der Waals surface area contributed by atoms with Gasteiger partial charge in [0.05, 0.1) is 6.04 Å². The van der Waals surface area contributed by atoms with E-state index in [1.54, 1.807) is 4.88 Å². The van der Waals surface area contributed by atoms with E-state index in [4.69, 9.17) is 0 Å². The normalized spacial score (nSPS) is 25.1. The molecule has 1 saturated heterocycles. The van der Waals surface area contributed by atoms with Crippen molar-refractivity contribution in [3.63, 3.8) is 0 Å². The van der Waals surface area contributed by atoms with Crippen molar-refractivity contribution in [2.75, 3.05) is 13.1 Å². The van der Waals surface area contributed by atoms with Crippen LogP contribution in [-0.4, -0.2) is 18.0 Å². The maximum atomic E-state index is 2.63.